The Balaban J connectivity index is 1.24. The van der Waals surface area contributed by atoms with E-state index in [1.807, 2.05) is 0 Å². The van der Waals surface area contributed by atoms with Gasteiger partial charge in [-0.25, -0.2) is 0 Å². The summed E-state index contributed by atoms with van der Waals surface area (Å²) in [5.41, 5.74) is 1.57. The Hall–Kier alpha value is -6.97. The Kier molecular flexibility index (Phi) is 25.5. The van der Waals surface area contributed by atoms with Gasteiger partial charge in [0.25, 0.3) is 0 Å². The van der Waals surface area contributed by atoms with Gasteiger partial charge in [-0.3, -0.25) is 0 Å². The minimum atomic E-state index is -7.83. The van der Waals surface area contributed by atoms with Crippen molar-refractivity contribution in [1.82, 2.24) is 0 Å². The Labute approximate surface area is 657 Å². The molecule has 0 spiro atoms. The van der Waals surface area contributed by atoms with E-state index in [0.29, 0.717) is 22.3 Å². The molecule has 0 unspecified atom stereocenters. The first-order valence-electron chi connectivity index (χ1n) is 32.9. The van der Waals surface area contributed by atoms with E-state index in [2.05, 4.69) is 2.51 Å². The summed E-state index contributed by atoms with van der Waals surface area (Å²) in [5, 5.41) is -22.2. The van der Waals surface area contributed by atoms with E-state index in [4.69, 9.17) is 7.26 Å². The van der Waals surface area contributed by atoms with Gasteiger partial charge in [0.05, 0.1) is 0 Å². The monoisotopic (exact) mass is 1900 g/mol. The quantitative estimate of drug-likeness (QED) is 0.0365. The van der Waals surface area contributed by atoms with Gasteiger partial charge in [0.2, 0.25) is 0 Å². The third-order valence-electron chi connectivity index (χ3n) is 17.9. The van der Waals surface area contributed by atoms with Gasteiger partial charge in [-0.1, -0.05) is 70.8 Å². The fourth-order valence-corrected chi connectivity index (χ4v) is 31.9. The Morgan fingerprint density at radius 2 is 0.440 bits per heavy atom. The zero-order chi connectivity index (χ0) is 88.4. The molecule has 8 aromatic carbocycles. The van der Waals surface area contributed by atoms with E-state index in [0.717, 1.165) is 97.1 Å². The van der Waals surface area contributed by atoms with Crippen LogP contribution in [0.15, 0.2) is 175 Å². The average molecular weight is 1900 g/mol. The fraction of sp³-hybridized carbons (Fsp3) is 0.351. The van der Waals surface area contributed by atoms with Gasteiger partial charge in [0.15, 0.2) is 0 Å². The summed E-state index contributed by atoms with van der Waals surface area (Å²) in [4.78, 5) is -2.49. The van der Waals surface area contributed by atoms with Crippen molar-refractivity contribution in [2.75, 3.05) is 0 Å². The van der Waals surface area contributed by atoms with Crippen LogP contribution in [0, 0.1) is 90.2 Å². The zero-order valence-corrected chi connectivity index (χ0v) is 67.8. The standard InChI is InChI=1S/C74H64F27IO9S5/c1-39-29-43(5)59(44(6)30-39)112(60-45(7)31-40(2)32-46(60)8,110-115(105,106)73(98,99)67(83,84)64(77,78)70(90,91)92)57-25-17-53(18-26-57)37-51-13-21-55(22-14-51)102(109-114(103,104)72(96,97)66(81,82)63(75,76)69(87,88)89)56-23-15-52(16-24-56)38-54-19-27-58(28-20-54)113(61-47(9)33-41(3)34-48(61)10,62-49(11)35-42(4)36-50(62)12)111-116(107,108)74(100,101)68(85,86)65(79,80)71(93,94)95/h13-36H,37-38H2,1-12H3. The van der Waals surface area contributed by atoms with Crippen LogP contribution < -0.4 is 0 Å². The predicted molar refractivity (Wildman–Crippen MR) is 383 cm³/mol. The number of hydrogen-bond donors (Lipinski definition) is 0. The van der Waals surface area contributed by atoms with Crippen molar-refractivity contribution in [3.8, 4) is 0 Å². The summed E-state index contributed by atoms with van der Waals surface area (Å²) in [7, 11) is -32.6. The molecule has 640 valence electrons. The molecular formula is C74H64F27IO9S5. The molecule has 0 saturated carbocycles. The second-order valence-corrected chi connectivity index (χ2v) is 42.5. The first-order valence-corrected chi connectivity index (χ1v) is 43.3. The van der Waals surface area contributed by atoms with Crippen molar-refractivity contribution in [3.05, 3.63) is 242 Å². The molecular weight excluding hydrogens is 1830 g/mol. The normalized spacial score (nSPS) is 14.6. The van der Waals surface area contributed by atoms with Gasteiger partial charge in [-0.05, 0) is 83.1 Å². The average Bonchev–Trinajstić information content (AvgIpc) is 0.702. The number of aryl methyl sites for hydroxylation is 12. The second-order valence-electron chi connectivity index (χ2n) is 27.2. The number of hydrogen-bond acceptors (Lipinski definition) is 9. The zero-order valence-electron chi connectivity index (χ0n) is 61.6. The molecule has 42 heteroatoms. The molecule has 0 aliphatic rings. The predicted octanol–water partition coefficient (Wildman–Crippen LogP) is 24.7. The smallest absolute Gasteiger partial charge is 0.0552 e. The van der Waals surface area contributed by atoms with Crippen LogP contribution in [-0.2, 0) is 53.0 Å². The van der Waals surface area contributed by atoms with Crippen LogP contribution in [0.5, 0.6) is 0 Å². The van der Waals surface area contributed by atoms with E-state index in [-0.39, 0.29) is 86.3 Å². The van der Waals surface area contributed by atoms with Crippen molar-refractivity contribution in [1.29, 1.82) is 0 Å². The summed E-state index contributed by atoms with van der Waals surface area (Å²) >= 11 is -5.10. The number of halogens is 28. The van der Waals surface area contributed by atoms with Gasteiger partial charge < -0.3 is 0 Å². The summed E-state index contributed by atoms with van der Waals surface area (Å²) in [5.74, 6) is -46.6. The van der Waals surface area contributed by atoms with Crippen molar-refractivity contribution < 1.29 is 154 Å². The molecule has 8 rings (SSSR count). The van der Waals surface area contributed by atoms with E-state index in [1.165, 1.54) is 132 Å². The molecule has 9 nitrogen and oxygen atoms in total. The molecule has 0 aliphatic carbocycles. The Morgan fingerprint density at radius 1 is 0.259 bits per heavy atom. The van der Waals surface area contributed by atoms with Crippen LogP contribution in [0.25, 0.3) is 0 Å². The maximum atomic E-state index is 16.1. The molecule has 116 heavy (non-hydrogen) atoms. The Morgan fingerprint density at radius 3 is 0.629 bits per heavy atom. The van der Waals surface area contributed by atoms with Crippen LogP contribution >= 0.6 is 40.9 Å². The third kappa shape index (κ3) is 16.0. The summed E-state index contributed by atoms with van der Waals surface area (Å²) in [6, 6.07) is 26.8. The molecule has 0 atom stereocenters. The molecule has 0 amide bonds. The van der Waals surface area contributed by atoms with E-state index >= 15 is 43.9 Å². The first kappa shape index (κ1) is 94.5. The summed E-state index contributed by atoms with van der Waals surface area (Å²) < 4.78 is 492. The van der Waals surface area contributed by atoms with Crippen LogP contribution in [0.3, 0.4) is 0 Å². The van der Waals surface area contributed by atoms with E-state index in [9.17, 15) is 99.9 Å². The Bertz CT molecular complexity index is 4930. The minimum absolute atomic E-state index is 0.0270. The summed E-state index contributed by atoms with van der Waals surface area (Å²) in [6.07, 6.45) is -23.3. The number of benzene rings is 8. The molecule has 0 aromatic heterocycles. The van der Waals surface area contributed by atoms with Gasteiger partial charge in [0, 0.05) is 0 Å². The van der Waals surface area contributed by atoms with Crippen LogP contribution in [0.4, 0.5) is 119 Å². The van der Waals surface area contributed by atoms with Gasteiger partial charge in [0.1, 0.15) is 0 Å². The van der Waals surface area contributed by atoms with Gasteiger partial charge in [-0.2, -0.15) is 95.9 Å². The SMILES string of the molecule is Cc1cc(C)c(S(OS(=O)(=O)C(F)(F)C(F)(F)C(F)(F)C(F)(F)F)(c2ccc(Cc3ccc(I(OS(=O)(=O)C(F)(F)C(F)(F)C(F)(F)C(F)(F)F)c4ccc(Cc5ccc(S(OS(=O)(=O)C(F)(F)C(F)(F)C(F)(F)C(F)(F)F)(c6c(C)cc(C)cc6C)c6c(C)cc(C)cc6C)cc5)cc4)cc3)cc2)c2c(C)cc(C)cc2C)c(C)c1. The molecule has 0 saturated heterocycles. The van der Waals surface area contributed by atoms with Gasteiger partial charge in [-0.15, -0.1) is 0 Å². The van der Waals surface area contributed by atoms with Crippen molar-refractivity contribution in [2.45, 2.75) is 195 Å². The molecule has 0 N–H and O–H groups in total. The van der Waals surface area contributed by atoms with E-state index < -0.39 is 171 Å². The number of alkyl halides is 27. The van der Waals surface area contributed by atoms with Crippen molar-refractivity contribution in [2.24, 2.45) is 0 Å². The topological polar surface area (TPSA) is 130 Å². The molecule has 0 bridgehead atoms. The van der Waals surface area contributed by atoms with Crippen LogP contribution in [-0.4, -0.2) is 95.1 Å². The molecule has 0 fully saturated rings. The molecule has 0 heterocycles. The molecule has 8 aromatic rings. The van der Waals surface area contributed by atoms with E-state index in [1.54, 1.807) is 0 Å². The fourth-order valence-electron chi connectivity index (χ4n) is 13.1. The third-order valence-corrected chi connectivity index (χ3v) is 36.9. The number of rotatable bonds is 27. The van der Waals surface area contributed by atoms with Crippen LogP contribution in [0.1, 0.15) is 89.0 Å². The van der Waals surface area contributed by atoms with Gasteiger partial charge >= 0.3 is 412 Å². The molecule has 0 aliphatic heterocycles. The summed E-state index contributed by atoms with van der Waals surface area (Å²) in [6.45, 7) is 16.2. The second kappa shape index (κ2) is 31.2. The maximum absolute atomic E-state index is 16.1. The molecule has 0 radical (unpaired) electrons. The van der Waals surface area contributed by atoms with Crippen molar-refractivity contribution >= 4 is 71.2 Å². The first-order chi connectivity index (χ1) is 52.4. The van der Waals surface area contributed by atoms with Crippen molar-refractivity contribution in [3.63, 3.8) is 0 Å². The van der Waals surface area contributed by atoms with Crippen LogP contribution in [0.2, 0.25) is 0 Å². The minimum Gasteiger partial charge on any atom is -0.0552 e.